The van der Waals surface area contributed by atoms with E-state index < -0.39 is 0 Å². The first-order valence-electron chi connectivity index (χ1n) is 7.59. The molecule has 2 atom stereocenters. The van der Waals surface area contributed by atoms with Gasteiger partial charge in [0.05, 0.1) is 19.6 Å². The van der Waals surface area contributed by atoms with Crippen LogP contribution < -0.4 is 0 Å². The molecule has 0 N–H and O–H groups in total. The summed E-state index contributed by atoms with van der Waals surface area (Å²) in [7, 11) is 1.44. The van der Waals surface area contributed by atoms with Gasteiger partial charge in [-0.05, 0) is 23.5 Å². The largest absolute Gasteiger partial charge is 0.469 e. The summed E-state index contributed by atoms with van der Waals surface area (Å²) in [6, 6.07) is 20.4. The molecular weight excluding hydrogens is 276 g/mol. The zero-order valence-electron chi connectivity index (χ0n) is 12.6. The fourth-order valence-electron chi connectivity index (χ4n) is 2.73. The Kier molecular flexibility index (Phi) is 4.54. The standard InChI is InChI=1S/C19H20O3/c1-21-19(20)17-12-16(17)13-22-18(14-8-4-2-5-9-14)15-10-6-3-7-11-15/h2-11,16-18H,12-13H2,1H3. The molecule has 2 unspecified atom stereocenters. The monoisotopic (exact) mass is 296 g/mol. The molecule has 0 bridgehead atoms. The second kappa shape index (κ2) is 6.75. The van der Waals surface area contributed by atoms with E-state index in [1.54, 1.807) is 0 Å². The Bertz CT molecular complexity index is 570. The third-order valence-electron chi connectivity index (χ3n) is 4.11. The summed E-state index contributed by atoms with van der Waals surface area (Å²) in [5, 5.41) is 0. The molecule has 1 aliphatic carbocycles. The van der Waals surface area contributed by atoms with Gasteiger partial charge in [0.1, 0.15) is 6.10 Å². The summed E-state index contributed by atoms with van der Waals surface area (Å²) >= 11 is 0. The molecule has 22 heavy (non-hydrogen) atoms. The van der Waals surface area contributed by atoms with Crippen molar-refractivity contribution in [3.8, 4) is 0 Å². The van der Waals surface area contributed by atoms with Crippen LogP contribution in [0.2, 0.25) is 0 Å². The van der Waals surface area contributed by atoms with Crippen molar-refractivity contribution in [2.75, 3.05) is 13.7 Å². The van der Waals surface area contributed by atoms with E-state index in [0.717, 1.165) is 17.5 Å². The fraction of sp³-hybridized carbons (Fsp3) is 0.316. The second-order valence-electron chi connectivity index (χ2n) is 5.66. The average molecular weight is 296 g/mol. The van der Waals surface area contributed by atoms with Gasteiger partial charge >= 0.3 is 5.97 Å². The van der Waals surface area contributed by atoms with Crippen LogP contribution in [0, 0.1) is 11.8 Å². The number of carbonyl (C=O) groups excluding carboxylic acids is 1. The third-order valence-corrected chi connectivity index (χ3v) is 4.11. The zero-order chi connectivity index (χ0) is 15.4. The fourth-order valence-corrected chi connectivity index (χ4v) is 2.73. The Hall–Kier alpha value is -2.13. The Morgan fingerprint density at radius 3 is 2.09 bits per heavy atom. The van der Waals surface area contributed by atoms with Crippen LogP contribution in [0.3, 0.4) is 0 Å². The Balaban J connectivity index is 1.70. The molecule has 114 valence electrons. The molecular formula is C19H20O3. The predicted molar refractivity (Wildman–Crippen MR) is 84.3 cm³/mol. The van der Waals surface area contributed by atoms with Crippen LogP contribution in [0.1, 0.15) is 23.7 Å². The van der Waals surface area contributed by atoms with Crippen LogP contribution in [0.25, 0.3) is 0 Å². The van der Waals surface area contributed by atoms with Crippen molar-refractivity contribution in [1.29, 1.82) is 0 Å². The normalized spacial score (nSPS) is 19.9. The highest BCUT2D eigenvalue weighted by molar-refractivity contribution is 5.75. The van der Waals surface area contributed by atoms with E-state index in [0.29, 0.717) is 6.61 Å². The van der Waals surface area contributed by atoms with E-state index in [2.05, 4.69) is 24.3 Å². The Morgan fingerprint density at radius 2 is 1.59 bits per heavy atom. The van der Waals surface area contributed by atoms with Crippen molar-refractivity contribution in [3.05, 3.63) is 71.8 Å². The minimum Gasteiger partial charge on any atom is -0.469 e. The van der Waals surface area contributed by atoms with Gasteiger partial charge in [-0.3, -0.25) is 4.79 Å². The van der Waals surface area contributed by atoms with Gasteiger partial charge in [0.25, 0.3) is 0 Å². The number of hydrogen-bond donors (Lipinski definition) is 0. The molecule has 1 aliphatic rings. The maximum Gasteiger partial charge on any atom is 0.309 e. The van der Waals surface area contributed by atoms with Gasteiger partial charge in [0.2, 0.25) is 0 Å². The van der Waals surface area contributed by atoms with Gasteiger partial charge in [-0.15, -0.1) is 0 Å². The predicted octanol–water partition coefficient (Wildman–Crippen LogP) is 3.60. The van der Waals surface area contributed by atoms with E-state index >= 15 is 0 Å². The number of rotatable bonds is 6. The lowest BCUT2D eigenvalue weighted by molar-refractivity contribution is -0.142. The summed E-state index contributed by atoms with van der Waals surface area (Å²) in [4.78, 5) is 11.5. The summed E-state index contributed by atoms with van der Waals surface area (Å²) in [6.07, 6.45) is 0.768. The molecule has 0 heterocycles. The van der Waals surface area contributed by atoms with Gasteiger partial charge < -0.3 is 9.47 Å². The van der Waals surface area contributed by atoms with Crippen molar-refractivity contribution in [1.82, 2.24) is 0 Å². The van der Waals surface area contributed by atoms with Gasteiger partial charge in [-0.2, -0.15) is 0 Å². The van der Waals surface area contributed by atoms with Crippen LogP contribution >= 0.6 is 0 Å². The Morgan fingerprint density at radius 1 is 1.05 bits per heavy atom. The smallest absolute Gasteiger partial charge is 0.309 e. The molecule has 3 rings (SSSR count). The number of esters is 1. The van der Waals surface area contributed by atoms with Gasteiger partial charge in [0.15, 0.2) is 0 Å². The lowest BCUT2D eigenvalue weighted by atomic mass is 10.0. The van der Waals surface area contributed by atoms with E-state index in [1.165, 1.54) is 7.11 Å². The number of carbonyl (C=O) groups is 1. The summed E-state index contributed by atoms with van der Waals surface area (Å²) in [5.74, 6) is 0.171. The highest BCUT2D eigenvalue weighted by Gasteiger charge is 2.44. The van der Waals surface area contributed by atoms with E-state index in [1.807, 2.05) is 36.4 Å². The molecule has 0 spiro atoms. The van der Waals surface area contributed by atoms with Crippen LogP contribution in [-0.2, 0) is 14.3 Å². The number of ether oxygens (including phenoxy) is 2. The van der Waals surface area contributed by atoms with Crippen molar-refractivity contribution in [2.45, 2.75) is 12.5 Å². The minimum absolute atomic E-state index is 0.0113. The lowest BCUT2D eigenvalue weighted by Gasteiger charge is -2.19. The van der Waals surface area contributed by atoms with Gasteiger partial charge in [-0.25, -0.2) is 0 Å². The van der Waals surface area contributed by atoms with E-state index in [9.17, 15) is 4.79 Å². The molecule has 0 saturated heterocycles. The highest BCUT2D eigenvalue weighted by atomic mass is 16.5. The maximum absolute atomic E-state index is 11.5. The van der Waals surface area contributed by atoms with E-state index in [-0.39, 0.29) is 23.9 Å². The average Bonchev–Trinajstić information content (AvgIpc) is 3.36. The zero-order valence-corrected chi connectivity index (χ0v) is 12.6. The van der Waals surface area contributed by atoms with E-state index in [4.69, 9.17) is 9.47 Å². The van der Waals surface area contributed by atoms with Gasteiger partial charge in [-0.1, -0.05) is 60.7 Å². The molecule has 0 amide bonds. The first-order chi connectivity index (χ1) is 10.8. The highest BCUT2D eigenvalue weighted by Crippen LogP contribution is 2.41. The lowest BCUT2D eigenvalue weighted by Crippen LogP contribution is -2.11. The van der Waals surface area contributed by atoms with Crippen LogP contribution in [-0.4, -0.2) is 19.7 Å². The molecule has 3 heteroatoms. The van der Waals surface area contributed by atoms with Gasteiger partial charge in [0, 0.05) is 0 Å². The van der Waals surface area contributed by atoms with Crippen LogP contribution in [0.15, 0.2) is 60.7 Å². The molecule has 3 nitrogen and oxygen atoms in total. The van der Waals surface area contributed by atoms with Crippen molar-refractivity contribution in [3.63, 3.8) is 0 Å². The van der Waals surface area contributed by atoms with Crippen LogP contribution in [0.5, 0.6) is 0 Å². The van der Waals surface area contributed by atoms with Crippen molar-refractivity contribution < 1.29 is 14.3 Å². The molecule has 1 saturated carbocycles. The molecule has 0 radical (unpaired) electrons. The summed E-state index contributed by atoms with van der Waals surface area (Å²) in [6.45, 7) is 0.578. The molecule has 2 aromatic carbocycles. The summed E-state index contributed by atoms with van der Waals surface area (Å²) < 4.78 is 10.9. The van der Waals surface area contributed by atoms with Crippen molar-refractivity contribution in [2.24, 2.45) is 11.8 Å². The maximum atomic E-state index is 11.5. The molecule has 0 aromatic heterocycles. The number of methoxy groups -OCH3 is 1. The second-order valence-corrected chi connectivity index (χ2v) is 5.66. The quantitative estimate of drug-likeness (QED) is 0.764. The summed E-state index contributed by atoms with van der Waals surface area (Å²) in [5.41, 5.74) is 2.26. The van der Waals surface area contributed by atoms with Crippen molar-refractivity contribution >= 4 is 5.97 Å². The molecule has 2 aromatic rings. The third kappa shape index (κ3) is 3.37. The first-order valence-corrected chi connectivity index (χ1v) is 7.59. The molecule has 0 aliphatic heterocycles. The Labute approximate surface area is 130 Å². The first kappa shape index (κ1) is 14.8. The SMILES string of the molecule is COC(=O)C1CC1COC(c1ccccc1)c1ccccc1. The number of hydrogen-bond acceptors (Lipinski definition) is 3. The minimum atomic E-state index is -0.121. The van der Waals surface area contributed by atoms with Crippen LogP contribution in [0.4, 0.5) is 0 Å². The molecule has 1 fully saturated rings. The topological polar surface area (TPSA) is 35.5 Å². The number of benzene rings is 2.